The summed E-state index contributed by atoms with van der Waals surface area (Å²) in [5, 5.41) is 12.3. The van der Waals surface area contributed by atoms with Gasteiger partial charge in [-0.2, -0.15) is 0 Å². The summed E-state index contributed by atoms with van der Waals surface area (Å²) >= 11 is 0. The third kappa shape index (κ3) is 0.881. The van der Waals surface area contributed by atoms with Crippen LogP contribution in [0.25, 0.3) is 0 Å². The van der Waals surface area contributed by atoms with Crippen LogP contribution >= 0.6 is 0 Å². The molecule has 12 heavy (non-hydrogen) atoms. The molecule has 3 unspecified atom stereocenters. The molecule has 68 valence electrons. The van der Waals surface area contributed by atoms with E-state index >= 15 is 0 Å². The Bertz CT molecular complexity index is 219. The average Bonchev–Trinajstić information content (AvgIpc) is 1.93. The van der Waals surface area contributed by atoms with Gasteiger partial charge in [-0.1, -0.05) is 0 Å². The molecule has 0 radical (unpaired) electrons. The van der Waals surface area contributed by atoms with Gasteiger partial charge in [-0.3, -0.25) is 4.79 Å². The molecule has 3 atom stereocenters. The highest BCUT2D eigenvalue weighted by Crippen LogP contribution is 2.39. The molecule has 4 N–H and O–H groups in total. The van der Waals surface area contributed by atoms with Crippen LogP contribution in [0, 0.1) is 5.92 Å². The SMILES string of the molecule is NC1(C(=O)O)CCNC2CCC21. The van der Waals surface area contributed by atoms with E-state index in [0.717, 1.165) is 19.4 Å². The lowest BCUT2D eigenvalue weighted by molar-refractivity contribution is -0.150. The fraction of sp³-hybridized carbons (Fsp3) is 0.875. The lowest BCUT2D eigenvalue weighted by Crippen LogP contribution is -2.68. The van der Waals surface area contributed by atoms with Gasteiger partial charge in [-0.05, 0) is 25.8 Å². The van der Waals surface area contributed by atoms with Gasteiger partial charge < -0.3 is 16.2 Å². The third-order valence-corrected chi connectivity index (χ3v) is 3.28. The summed E-state index contributed by atoms with van der Waals surface area (Å²) in [4.78, 5) is 10.9. The van der Waals surface area contributed by atoms with Crippen molar-refractivity contribution >= 4 is 5.97 Å². The molecule has 1 saturated carbocycles. The van der Waals surface area contributed by atoms with Crippen LogP contribution in [0.1, 0.15) is 19.3 Å². The second-order valence-electron chi connectivity index (χ2n) is 3.84. The van der Waals surface area contributed by atoms with Crippen LogP contribution in [0.5, 0.6) is 0 Å². The number of carboxylic acid groups (broad SMARTS) is 1. The van der Waals surface area contributed by atoms with Crippen LogP contribution in [0.4, 0.5) is 0 Å². The number of piperidine rings is 1. The fourth-order valence-corrected chi connectivity index (χ4v) is 2.28. The molecule has 0 aromatic heterocycles. The van der Waals surface area contributed by atoms with Gasteiger partial charge in [0, 0.05) is 12.0 Å². The number of nitrogens with one attached hydrogen (secondary N) is 1. The standard InChI is InChI=1S/C8H14N2O2/c9-8(7(11)12)3-4-10-6-2-1-5(6)8/h5-6,10H,1-4,9H2,(H,11,12). The van der Waals surface area contributed by atoms with E-state index in [1.165, 1.54) is 0 Å². The van der Waals surface area contributed by atoms with Crippen molar-refractivity contribution in [3.63, 3.8) is 0 Å². The van der Waals surface area contributed by atoms with Gasteiger partial charge in [-0.15, -0.1) is 0 Å². The average molecular weight is 170 g/mol. The molecule has 1 aliphatic heterocycles. The maximum absolute atomic E-state index is 10.9. The Balaban J connectivity index is 2.18. The molecule has 2 rings (SSSR count). The highest BCUT2D eigenvalue weighted by molar-refractivity contribution is 5.79. The van der Waals surface area contributed by atoms with Crippen molar-refractivity contribution in [3.8, 4) is 0 Å². The molecular formula is C8H14N2O2. The number of carboxylic acids is 1. The molecule has 1 heterocycles. The molecule has 1 saturated heterocycles. The zero-order chi connectivity index (χ0) is 8.77. The highest BCUT2D eigenvalue weighted by atomic mass is 16.4. The predicted octanol–water partition coefficient (Wildman–Crippen LogP) is -0.460. The normalized spacial score (nSPS) is 46.1. The molecule has 0 amide bonds. The van der Waals surface area contributed by atoms with Crippen LogP contribution in [0.2, 0.25) is 0 Å². The quantitative estimate of drug-likeness (QED) is 0.498. The summed E-state index contributed by atoms with van der Waals surface area (Å²) in [5.41, 5.74) is 4.90. The first-order chi connectivity index (χ1) is 5.64. The van der Waals surface area contributed by atoms with Gasteiger partial charge in [0.25, 0.3) is 0 Å². The van der Waals surface area contributed by atoms with E-state index in [0.29, 0.717) is 12.5 Å². The van der Waals surface area contributed by atoms with Crippen LogP contribution in [-0.2, 0) is 4.79 Å². The number of nitrogens with two attached hydrogens (primary N) is 1. The van der Waals surface area contributed by atoms with Gasteiger partial charge in [-0.25, -0.2) is 0 Å². The maximum Gasteiger partial charge on any atom is 0.324 e. The Morgan fingerprint density at radius 1 is 1.58 bits per heavy atom. The highest BCUT2D eigenvalue weighted by Gasteiger charge is 2.52. The molecule has 4 nitrogen and oxygen atoms in total. The van der Waals surface area contributed by atoms with E-state index in [4.69, 9.17) is 10.8 Å². The Morgan fingerprint density at radius 2 is 2.33 bits per heavy atom. The minimum Gasteiger partial charge on any atom is -0.480 e. The van der Waals surface area contributed by atoms with Crippen molar-refractivity contribution in [2.45, 2.75) is 30.8 Å². The van der Waals surface area contributed by atoms with E-state index in [9.17, 15) is 4.79 Å². The van der Waals surface area contributed by atoms with Crippen molar-refractivity contribution in [1.29, 1.82) is 0 Å². The molecule has 1 aliphatic carbocycles. The van der Waals surface area contributed by atoms with Crippen molar-refractivity contribution in [2.24, 2.45) is 11.7 Å². The summed E-state index contributed by atoms with van der Waals surface area (Å²) in [5.74, 6) is -0.678. The van der Waals surface area contributed by atoms with E-state index in [2.05, 4.69) is 5.32 Å². The smallest absolute Gasteiger partial charge is 0.324 e. The van der Waals surface area contributed by atoms with E-state index in [-0.39, 0.29) is 5.92 Å². The van der Waals surface area contributed by atoms with Gasteiger partial charge in [0.1, 0.15) is 5.54 Å². The molecular weight excluding hydrogens is 156 g/mol. The molecule has 4 heteroatoms. The van der Waals surface area contributed by atoms with Crippen molar-refractivity contribution in [1.82, 2.24) is 5.32 Å². The van der Waals surface area contributed by atoms with Gasteiger partial charge >= 0.3 is 5.97 Å². The van der Waals surface area contributed by atoms with Crippen LogP contribution in [0.3, 0.4) is 0 Å². The number of hydrogen-bond acceptors (Lipinski definition) is 3. The van der Waals surface area contributed by atoms with Gasteiger partial charge in [0.15, 0.2) is 0 Å². The Morgan fingerprint density at radius 3 is 2.75 bits per heavy atom. The molecule has 0 bridgehead atoms. The number of rotatable bonds is 1. The Hall–Kier alpha value is -0.610. The zero-order valence-electron chi connectivity index (χ0n) is 6.92. The summed E-state index contributed by atoms with van der Waals surface area (Å²) in [6.45, 7) is 0.740. The number of carbonyl (C=O) groups is 1. The second kappa shape index (κ2) is 2.44. The van der Waals surface area contributed by atoms with Gasteiger partial charge in [0.2, 0.25) is 0 Å². The first-order valence-corrected chi connectivity index (χ1v) is 4.40. The molecule has 0 spiro atoms. The lowest BCUT2D eigenvalue weighted by atomic mass is 9.64. The van der Waals surface area contributed by atoms with Crippen LogP contribution < -0.4 is 11.1 Å². The van der Waals surface area contributed by atoms with E-state index in [1.807, 2.05) is 0 Å². The molecule has 0 aromatic carbocycles. The largest absolute Gasteiger partial charge is 0.480 e. The minimum atomic E-state index is -0.950. The summed E-state index contributed by atoms with van der Waals surface area (Å²) in [6, 6.07) is 0.361. The topological polar surface area (TPSA) is 75.4 Å². The summed E-state index contributed by atoms with van der Waals surface area (Å²) < 4.78 is 0. The first kappa shape index (κ1) is 8.01. The van der Waals surface area contributed by atoms with Gasteiger partial charge in [0.05, 0.1) is 0 Å². The van der Waals surface area contributed by atoms with E-state index < -0.39 is 11.5 Å². The Kier molecular flexibility index (Phi) is 1.63. The number of fused-ring (bicyclic) bond motifs is 1. The van der Waals surface area contributed by atoms with Crippen molar-refractivity contribution < 1.29 is 9.90 Å². The zero-order valence-corrected chi connectivity index (χ0v) is 6.92. The van der Waals surface area contributed by atoms with Crippen molar-refractivity contribution in [2.75, 3.05) is 6.54 Å². The number of aliphatic carboxylic acids is 1. The lowest BCUT2D eigenvalue weighted by Gasteiger charge is -2.50. The summed E-state index contributed by atoms with van der Waals surface area (Å²) in [6.07, 6.45) is 2.60. The predicted molar refractivity (Wildman–Crippen MR) is 43.7 cm³/mol. The molecule has 2 aliphatic rings. The number of hydrogen-bond donors (Lipinski definition) is 3. The van der Waals surface area contributed by atoms with Crippen LogP contribution in [0.15, 0.2) is 0 Å². The van der Waals surface area contributed by atoms with Crippen molar-refractivity contribution in [3.05, 3.63) is 0 Å². The molecule has 0 aromatic rings. The molecule has 2 fully saturated rings. The Labute approximate surface area is 71.1 Å². The maximum atomic E-state index is 10.9. The van der Waals surface area contributed by atoms with Crippen LogP contribution in [-0.4, -0.2) is 29.2 Å². The third-order valence-electron chi connectivity index (χ3n) is 3.28. The first-order valence-electron chi connectivity index (χ1n) is 4.40. The fourth-order valence-electron chi connectivity index (χ4n) is 2.28. The monoisotopic (exact) mass is 170 g/mol. The minimum absolute atomic E-state index is 0.156. The second-order valence-corrected chi connectivity index (χ2v) is 3.84. The summed E-state index contributed by atoms with van der Waals surface area (Å²) in [7, 11) is 0. The van der Waals surface area contributed by atoms with E-state index in [1.54, 1.807) is 0 Å².